The molecule has 0 bridgehead atoms. The lowest BCUT2D eigenvalue weighted by Gasteiger charge is -2.28. The van der Waals surface area contributed by atoms with Gasteiger partial charge in [-0.05, 0) is 51.1 Å². The van der Waals surface area contributed by atoms with Crippen LogP contribution in [0.1, 0.15) is 29.5 Å². The number of allylic oxidation sites excluding steroid dienone is 3. The minimum Gasteiger partial charge on any atom is -0.404 e. The van der Waals surface area contributed by atoms with Crippen molar-refractivity contribution in [1.82, 2.24) is 15.1 Å². The Morgan fingerprint density at radius 2 is 2.21 bits per heavy atom. The topological polar surface area (TPSA) is 92.2 Å². The predicted molar refractivity (Wildman–Crippen MR) is 118 cm³/mol. The molecule has 0 radical (unpaired) electrons. The summed E-state index contributed by atoms with van der Waals surface area (Å²) in [5.41, 5.74) is 9.04. The normalized spacial score (nSPS) is 22.6. The van der Waals surface area contributed by atoms with Crippen molar-refractivity contribution in [3.63, 3.8) is 0 Å². The van der Waals surface area contributed by atoms with E-state index in [0.717, 1.165) is 49.3 Å². The molecule has 0 spiro atoms. The molecule has 1 aromatic rings. The molecule has 150 valence electrons. The summed E-state index contributed by atoms with van der Waals surface area (Å²) in [5, 5.41) is 20.4. The van der Waals surface area contributed by atoms with Crippen LogP contribution in [0.4, 0.5) is 0 Å². The van der Waals surface area contributed by atoms with Gasteiger partial charge in [0.2, 0.25) is 0 Å². The molecule has 1 saturated heterocycles. The third-order valence-corrected chi connectivity index (χ3v) is 6.74. The van der Waals surface area contributed by atoms with E-state index >= 15 is 0 Å². The van der Waals surface area contributed by atoms with Gasteiger partial charge in [-0.2, -0.15) is 5.26 Å². The number of nitrogens with two attached hydrogens (primary N) is 1. The predicted octanol–water partition coefficient (Wildman–Crippen LogP) is 3.35. The number of hydrogen-bond donors (Lipinski definition) is 3. The first-order valence-electron chi connectivity index (χ1n) is 9.92. The number of nitriles is 1. The molecule has 0 aliphatic carbocycles. The smallest absolute Gasteiger partial charge is 0.122 e. The van der Waals surface area contributed by atoms with E-state index in [1.165, 1.54) is 16.0 Å². The van der Waals surface area contributed by atoms with Crippen LogP contribution >= 0.6 is 11.3 Å². The lowest BCUT2D eigenvalue weighted by molar-refractivity contribution is 0.199. The van der Waals surface area contributed by atoms with Gasteiger partial charge in [0.05, 0.1) is 16.6 Å². The highest BCUT2D eigenvalue weighted by Gasteiger charge is 2.28. The third kappa shape index (κ3) is 4.00. The number of thiophene rings is 1. The van der Waals surface area contributed by atoms with Gasteiger partial charge in [-0.3, -0.25) is 4.90 Å². The van der Waals surface area contributed by atoms with Gasteiger partial charge in [0.15, 0.2) is 0 Å². The van der Waals surface area contributed by atoms with Gasteiger partial charge in [0.1, 0.15) is 6.17 Å². The Balaban J connectivity index is 1.47. The van der Waals surface area contributed by atoms with Gasteiger partial charge in [-0.15, -0.1) is 11.3 Å². The summed E-state index contributed by atoms with van der Waals surface area (Å²) in [5.74, 6) is 0.224. The third-order valence-electron chi connectivity index (χ3n) is 5.65. The van der Waals surface area contributed by atoms with Crippen LogP contribution in [-0.4, -0.2) is 34.8 Å². The van der Waals surface area contributed by atoms with Crippen molar-refractivity contribution >= 4 is 22.7 Å². The van der Waals surface area contributed by atoms with E-state index in [1.807, 2.05) is 17.4 Å². The number of likely N-dealkylation sites (tertiary alicyclic amines) is 1. The first kappa shape index (κ1) is 19.5. The van der Waals surface area contributed by atoms with Gasteiger partial charge in [0, 0.05) is 52.8 Å². The molecule has 3 aliphatic heterocycles. The maximum atomic E-state index is 9.07. The second-order valence-corrected chi connectivity index (χ2v) is 8.81. The van der Waals surface area contributed by atoms with Crippen molar-refractivity contribution < 1.29 is 0 Å². The molecule has 4 rings (SSSR count). The fourth-order valence-corrected chi connectivity index (χ4v) is 5.06. The van der Waals surface area contributed by atoms with Crippen molar-refractivity contribution in [2.75, 3.05) is 13.1 Å². The summed E-state index contributed by atoms with van der Waals surface area (Å²) >= 11 is 1.82. The number of nitrogens with one attached hydrogen (secondary N) is 2. The summed E-state index contributed by atoms with van der Waals surface area (Å²) in [6.07, 6.45) is 11.8. The Morgan fingerprint density at radius 3 is 2.90 bits per heavy atom. The fraction of sp³-hybridized carbons (Fsp3) is 0.364. The maximum Gasteiger partial charge on any atom is 0.122 e. The largest absolute Gasteiger partial charge is 0.404 e. The number of piperidine rings is 1. The van der Waals surface area contributed by atoms with E-state index in [4.69, 9.17) is 16.4 Å². The molecule has 1 unspecified atom stereocenters. The molecule has 4 N–H and O–H groups in total. The van der Waals surface area contributed by atoms with Crippen molar-refractivity contribution in [3.8, 4) is 6.07 Å². The van der Waals surface area contributed by atoms with Crippen LogP contribution in [0, 0.1) is 22.7 Å². The molecule has 6 nitrogen and oxygen atoms in total. The van der Waals surface area contributed by atoms with E-state index < -0.39 is 0 Å². The van der Waals surface area contributed by atoms with Crippen LogP contribution in [-0.2, 0) is 6.54 Å². The SMILES string of the molecule is CC(=N)/C(=C\N)C1=CN2C(c3ccc(CN4CCC(C#N)CC4)s3)=CNC2C=C1. The molecule has 0 saturated carbocycles. The number of hydrogen-bond acceptors (Lipinski definition) is 7. The summed E-state index contributed by atoms with van der Waals surface area (Å²) < 4.78 is 0. The Hall–Kier alpha value is -2.82. The molecule has 29 heavy (non-hydrogen) atoms. The maximum absolute atomic E-state index is 9.07. The number of fused-ring (bicyclic) bond motifs is 1. The van der Waals surface area contributed by atoms with Gasteiger partial charge >= 0.3 is 0 Å². The van der Waals surface area contributed by atoms with Crippen LogP contribution in [0.2, 0.25) is 0 Å². The molecule has 0 amide bonds. The quantitative estimate of drug-likeness (QED) is 0.652. The minimum atomic E-state index is 0.0920. The summed E-state index contributed by atoms with van der Waals surface area (Å²) in [7, 11) is 0. The highest BCUT2D eigenvalue weighted by molar-refractivity contribution is 7.13. The molecular weight excluding hydrogens is 380 g/mol. The molecule has 3 aliphatic rings. The standard InChI is InChI=1S/C22H26N6S/c1-15(25)19(11-24)17-2-5-22-26-12-20(28(22)13-17)21-4-3-18(29-21)14-27-8-6-16(10-23)7-9-27/h2-5,11-13,16,22,25-26H,6-9,14,24H2,1H3/b19-11+,25-15?. The number of rotatable bonds is 5. The Bertz CT molecular complexity index is 952. The lowest BCUT2D eigenvalue weighted by Crippen LogP contribution is -2.33. The van der Waals surface area contributed by atoms with E-state index in [2.05, 4.69) is 51.8 Å². The number of nitrogens with zero attached hydrogens (tertiary/aromatic N) is 3. The van der Waals surface area contributed by atoms with E-state index in [9.17, 15) is 0 Å². The van der Waals surface area contributed by atoms with Gasteiger partial charge in [0.25, 0.3) is 0 Å². The average molecular weight is 407 g/mol. The van der Waals surface area contributed by atoms with Crippen LogP contribution < -0.4 is 11.1 Å². The van der Waals surface area contributed by atoms with Gasteiger partial charge < -0.3 is 21.4 Å². The van der Waals surface area contributed by atoms with Gasteiger partial charge in [-0.1, -0.05) is 6.08 Å². The summed E-state index contributed by atoms with van der Waals surface area (Å²) in [4.78, 5) is 7.21. The van der Waals surface area contributed by atoms with Gasteiger partial charge in [-0.25, -0.2) is 0 Å². The van der Waals surface area contributed by atoms with Crippen molar-refractivity contribution in [1.29, 1.82) is 10.7 Å². The van der Waals surface area contributed by atoms with Crippen molar-refractivity contribution in [2.45, 2.75) is 32.5 Å². The highest BCUT2D eigenvalue weighted by atomic mass is 32.1. The second-order valence-electron chi connectivity index (χ2n) is 7.64. The van der Waals surface area contributed by atoms with E-state index in [0.29, 0.717) is 5.71 Å². The zero-order valence-corrected chi connectivity index (χ0v) is 17.4. The first-order valence-corrected chi connectivity index (χ1v) is 10.7. The molecule has 1 aromatic heterocycles. The molecule has 0 aromatic carbocycles. The van der Waals surface area contributed by atoms with Crippen LogP contribution in [0.25, 0.3) is 5.70 Å². The zero-order valence-electron chi connectivity index (χ0n) is 16.6. The lowest BCUT2D eigenvalue weighted by atomic mass is 9.99. The van der Waals surface area contributed by atoms with Crippen LogP contribution in [0.5, 0.6) is 0 Å². The molecule has 4 heterocycles. The van der Waals surface area contributed by atoms with Crippen LogP contribution in [0.3, 0.4) is 0 Å². The summed E-state index contributed by atoms with van der Waals surface area (Å²) in [6.45, 7) is 4.69. The monoisotopic (exact) mass is 406 g/mol. The molecular formula is C22H26N6S. The minimum absolute atomic E-state index is 0.0920. The average Bonchev–Trinajstić information content (AvgIpc) is 3.35. The first-order chi connectivity index (χ1) is 14.1. The Morgan fingerprint density at radius 1 is 1.41 bits per heavy atom. The Labute approximate surface area is 175 Å². The second kappa shape index (κ2) is 8.27. The molecule has 1 fully saturated rings. The zero-order chi connectivity index (χ0) is 20.4. The Kier molecular flexibility index (Phi) is 5.56. The molecule has 1 atom stereocenters. The van der Waals surface area contributed by atoms with E-state index in [-0.39, 0.29) is 12.1 Å². The van der Waals surface area contributed by atoms with Crippen molar-refractivity contribution in [2.24, 2.45) is 11.7 Å². The highest BCUT2D eigenvalue weighted by Crippen LogP contribution is 2.35. The fourth-order valence-electron chi connectivity index (χ4n) is 3.99. The van der Waals surface area contributed by atoms with Crippen molar-refractivity contribution in [3.05, 3.63) is 63.8 Å². The molecule has 7 heteroatoms. The summed E-state index contributed by atoms with van der Waals surface area (Å²) in [6, 6.07) is 6.79. The van der Waals surface area contributed by atoms with E-state index in [1.54, 1.807) is 6.92 Å². The van der Waals surface area contributed by atoms with Crippen LogP contribution in [0.15, 0.2) is 54.0 Å².